The van der Waals surface area contributed by atoms with E-state index in [0.29, 0.717) is 32.7 Å². The van der Waals surface area contributed by atoms with Crippen LogP contribution in [0.3, 0.4) is 0 Å². The van der Waals surface area contributed by atoms with Gasteiger partial charge < -0.3 is 14.8 Å². The molecule has 0 saturated carbocycles. The van der Waals surface area contributed by atoms with Gasteiger partial charge in [-0.1, -0.05) is 53.0 Å². The van der Waals surface area contributed by atoms with E-state index in [-0.39, 0.29) is 24.0 Å². The van der Waals surface area contributed by atoms with Crippen molar-refractivity contribution in [2.45, 2.75) is 20.4 Å². The van der Waals surface area contributed by atoms with Crippen molar-refractivity contribution in [3.63, 3.8) is 0 Å². The van der Waals surface area contributed by atoms with Crippen molar-refractivity contribution in [1.29, 1.82) is 0 Å². The maximum absolute atomic E-state index is 13.0. The molecule has 1 aliphatic heterocycles. The Hall–Kier alpha value is -3.46. The lowest BCUT2D eigenvalue weighted by Crippen LogP contribution is -2.27. The predicted octanol–water partition coefficient (Wildman–Crippen LogP) is 6.87. The summed E-state index contributed by atoms with van der Waals surface area (Å²) < 4.78 is 11.1. The molecule has 1 saturated heterocycles. The highest BCUT2D eigenvalue weighted by Gasteiger charge is 2.35. The molecular formula is C28H24Cl2N2O5S. The first-order valence-electron chi connectivity index (χ1n) is 11.5. The molecule has 10 heteroatoms. The number of carbonyl (C=O) groups is 3. The quantitative estimate of drug-likeness (QED) is 0.297. The number of nitrogens with one attached hydrogen (secondary N) is 1. The van der Waals surface area contributed by atoms with Crippen LogP contribution in [0.25, 0.3) is 6.08 Å². The Labute approximate surface area is 234 Å². The van der Waals surface area contributed by atoms with Gasteiger partial charge in [0, 0.05) is 21.3 Å². The Kier molecular flexibility index (Phi) is 8.66. The molecule has 1 heterocycles. The average Bonchev–Trinajstić information content (AvgIpc) is 3.14. The van der Waals surface area contributed by atoms with Gasteiger partial charge in [0.15, 0.2) is 18.1 Å². The SMILES string of the molecule is COc1cc(/C=C2\SC(=O)N(Cc3c(Cl)cccc3Cl)C2=O)ccc1OCC(=O)Nc1ccc(C)cc1C. The zero-order chi connectivity index (χ0) is 27.4. The Morgan fingerprint density at radius 1 is 1.03 bits per heavy atom. The van der Waals surface area contributed by atoms with Crippen molar-refractivity contribution in [1.82, 2.24) is 4.90 Å². The number of methoxy groups -OCH3 is 1. The molecule has 0 aromatic heterocycles. The zero-order valence-corrected chi connectivity index (χ0v) is 23.2. The molecule has 7 nitrogen and oxygen atoms in total. The second kappa shape index (κ2) is 11.9. The van der Waals surface area contributed by atoms with Crippen LogP contribution in [0.2, 0.25) is 10.0 Å². The van der Waals surface area contributed by atoms with Crippen LogP contribution in [0.5, 0.6) is 11.5 Å². The van der Waals surface area contributed by atoms with Crippen molar-refractivity contribution in [2.75, 3.05) is 19.0 Å². The minimum absolute atomic E-state index is 0.0270. The number of hydrogen-bond acceptors (Lipinski definition) is 6. The van der Waals surface area contributed by atoms with Crippen molar-refractivity contribution < 1.29 is 23.9 Å². The van der Waals surface area contributed by atoms with E-state index in [9.17, 15) is 14.4 Å². The molecule has 4 rings (SSSR count). The number of benzene rings is 3. The molecule has 1 N–H and O–H groups in total. The summed E-state index contributed by atoms with van der Waals surface area (Å²) in [6, 6.07) is 15.8. The van der Waals surface area contributed by atoms with E-state index in [4.69, 9.17) is 32.7 Å². The number of imide groups is 1. The Morgan fingerprint density at radius 2 is 1.76 bits per heavy atom. The summed E-state index contributed by atoms with van der Waals surface area (Å²) in [6.45, 7) is 3.67. The maximum Gasteiger partial charge on any atom is 0.293 e. The number of thioether (sulfide) groups is 1. The highest BCUT2D eigenvalue weighted by molar-refractivity contribution is 8.18. The monoisotopic (exact) mass is 570 g/mol. The van der Waals surface area contributed by atoms with E-state index in [1.807, 2.05) is 32.0 Å². The summed E-state index contributed by atoms with van der Waals surface area (Å²) in [5.74, 6) is -0.0178. The first kappa shape index (κ1) is 27.6. The summed E-state index contributed by atoms with van der Waals surface area (Å²) in [4.78, 5) is 39.3. The van der Waals surface area contributed by atoms with Crippen LogP contribution < -0.4 is 14.8 Å². The smallest absolute Gasteiger partial charge is 0.293 e. The molecule has 0 spiro atoms. The molecule has 0 unspecified atom stereocenters. The average molecular weight is 571 g/mol. The number of anilines is 1. The zero-order valence-electron chi connectivity index (χ0n) is 20.8. The topological polar surface area (TPSA) is 84.9 Å². The molecule has 0 atom stereocenters. The summed E-state index contributed by atoms with van der Waals surface area (Å²) in [6.07, 6.45) is 1.60. The third-order valence-corrected chi connectivity index (χ3v) is 7.37. The standard InChI is InChI=1S/C28H24Cl2N2O5S/c1-16-7-9-22(17(2)11-16)31-26(33)15-37-23-10-8-18(12-24(23)36-3)13-25-27(34)32(28(35)38-25)14-19-20(29)5-4-6-21(19)30/h4-13H,14-15H2,1-3H3,(H,31,33)/b25-13-. The maximum atomic E-state index is 13.0. The summed E-state index contributed by atoms with van der Waals surface area (Å²) in [7, 11) is 1.48. The molecular weight excluding hydrogens is 547 g/mol. The molecule has 196 valence electrons. The largest absolute Gasteiger partial charge is 0.493 e. The molecule has 0 bridgehead atoms. The molecule has 0 aliphatic carbocycles. The molecule has 38 heavy (non-hydrogen) atoms. The highest BCUT2D eigenvalue weighted by Crippen LogP contribution is 2.37. The fraction of sp³-hybridized carbons (Fsp3) is 0.179. The summed E-state index contributed by atoms with van der Waals surface area (Å²) in [5, 5.41) is 3.17. The lowest BCUT2D eigenvalue weighted by atomic mass is 10.1. The van der Waals surface area contributed by atoms with Gasteiger partial charge in [0.2, 0.25) is 0 Å². The fourth-order valence-corrected chi connectivity index (χ4v) is 5.16. The van der Waals surface area contributed by atoms with Crippen LogP contribution in [0, 0.1) is 13.8 Å². The third kappa shape index (κ3) is 6.32. The first-order valence-corrected chi connectivity index (χ1v) is 13.1. The second-order valence-corrected chi connectivity index (χ2v) is 10.3. The van der Waals surface area contributed by atoms with E-state index < -0.39 is 11.1 Å². The Bertz CT molecular complexity index is 1440. The van der Waals surface area contributed by atoms with Crippen molar-refractivity contribution in [3.8, 4) is 11.5 Å². The van der Waals surface area contributed by atoms with E-state index in [1.165, 1.54) is 7.11 Å². The van der Waals surface area contributed by atoms with Crippen LogP contribution in [0.1, 0.15) is 22.3 Å². The number of rotatable bonds is 8. The van der Waals surface area contributed by atoms with Crippen LogP contribution >= 0.6 is 35.0 Å². The van der Waals surface area contributed by atoms with Crippen LogP contribution in [0.15, 0.2) is 59.5 Å². The number of amides is 3. The summed E-state index contributed by atoms with van der Waals surface area (Å²) in [5.41, 5.74) is 3.91. The van der Waals surface area contributed by atoms with Crippen LogP contribution in [-0.2, 0) is 16.1 Å². The van der Waals surface area contributed by atoms with Crippen LogP contribution in [0.4, 0.5) is 10.5 Å². The Morgan fingerprint density at radius 3 is 2.45 bits per heavy atom. The first-order chi connectivity index (χ1) is 18.2. The predicted molar refractivity (Wildman–Crippen MR) is 151 cm³/mol. The van der Waals surface area contributed by atoms with Gasteiger partial charge in [0.25, 0.3) is 17.1 Å². The van der Waals surface area contributed by atoms with Gasteiger partial charge in [-0.3, -0.25) is 19.3 Å². The normalized spacial score (nSPS) is 14.2. The van der Waals surface area contributed by atoms with Gasteiger partial charge in [-0.15, -0.1) is 0 Å². The van der Waals surface area contributed by atoms with Crippen molar-refractivity contribution >= 4 is 63.8 Å². The van der Waals surface area contributed by atoms with Gasteiger partial charge in [0.1, 0.15) is 0 Å². The van der Waals surface area contributed by atoms with Gasteiger partial charge in [-0.05, 0) is 73.1 Å². The Balaban J connectivity index is 1.44. The molecule has 3 aromatic rings. The third-order valence-electron chi connectivity index (χ3n) is 5.75. The van der Waals surface area contributed by atoms with Gasteiger partial charge in [0.05, 0.1) is 18.6 Å². The van der Waals surface area contributed by atoms with E-state index >= 15 is 0 Å². The number of hydrogen-bond donors (Lipinski definition) is 1. The van der Waals surface area contributed by atoms with Crippen LogP contribution in [-0.4, -0.2) is 35.7 Å². The van der Waals surface area contributed by atoms with Crippen molar-refractivity contribution in [2.24, 2.45) is 0 Å². The fourth-order valence-electron chi connectivity index (χ4n) is 3.81. The van der Waals surface area contributed by atoms with E-state index in [1.54, 1.807) is 42.5 Å². The number of aryl methyl sites for hydroxylation is 2. The second-order valence-electron chi connectivity index (χ2n) is 8.53. The van der Waals surface area contributed by atoms with Gasteiger partial charge in [-0.25, -0.2) is 0 Å². The number of ether oxygens (including phenoxy) is 2. The lowest BCUT2D eigenvalue weighted by Gasteiger charge is -2.14. The highest BCUT2D eigenvalue weighted by atomic mass is 35.5. The number of carbonyl (C=O) groups excluding carboxylic acids is 3. The minimum Gasteiger partial charge on any atom is -0.493 e. The van der Waals surface area contributed by atoms with E-state index in [0.717, 1.165) is 33.5 Å². The summed E-state index contributed by atoms with van der Waals surface area (Å²) >= 11 is 13.2. The lowest BCUT2D eigenvalue weighted by molar-refractivity contribution is -0.123. The number of nitrogens with zero attached hydrogens (tertiary/aromatic N) is 1. The number of halogens is 2. The molecule has 3 aromatic carbocycles. The molecule has 1 aliphatic rings. The molecule has 0 radical (unpaired) electrons. The van der Waals surface area contributed by atoms with Crippen molar-refractivity contribution in [3.05, 3.63) is 91.8 Å². The minimum atomic E-state index is -0.446. The van der Waals surface area contributed by atoms with E-state index in [2.05, 4.69) is 5.32 Å². The van der Waals surface area contributed by atoms with Gasteiger partial charge >= 0.3 is 0 Å². The molecule has 3 amide bonds. The van der Waals surface area contributed by atoms with Gasteiger partial charge in [-0.2, -0.15) is 0 Å². The molecule has 1 fully saturated rings.